The van der Waals surface area contributed by atoms with Gasteiger partial charge in [0.15, 0.2) is 0 Å². The number of nitrogens with two attached hydrogens (primary N) is 1. The van der Waals surface area contributed by atoms with Gasteiger partial charge in [-0.3, -0.25) is 0 Å². The fourth-order valence-electron chi connectivity index (χ4n) is 2.19. The van der Waals surface area contributed by atoms with E-state index < -0.39 is 0 Å². The van der Waals surface area contributed by atoms with E-state index in [2.05, 4.69) is 47.3 Å². The molecule has 0 saturated carbocycles. The van der Waals surface area contributed by atoms with Crippen molar-refractivity contribution in [2.75, 3.05) is 11.9 Å². The Morgan fingerprint density at radius 3 is 2.42 bits per heavy atom. The molecule has 0 bridgehead atoms. The summed E-state index contributed by atoms with van der Waals surface area (Å²) in [7, 11) is 2.06. The quantitative estimate of drug-likeness (QED) is 0.913. The summed E-state index contributed by atoms with van der Waals surface area (Å²) in [5.41, 5.74) is 9.30. The second kappa shape index (κ2) is 5.85. The molecule has 0 spiro atoms. The van der Waals surface area contributed by atoms with E-state index in [4.69, 9.17) is 5.73 Å². The number of aryl methyl sites for hydroxylation is 1. The Kier molecular flexibility index (Phi) is 4.17. The Hall–Kier alpha value is -1.87. The van der Waals surface area contributed by atoms with E-state index in [1.165, 1.54) is 5.56 Å². The average Bonchev–Trinajstić information content (AvgIpc) is 2.39. The number of hydrogen-bond acceptors (Lipinski definition) is 3. The van der Waals surface area contributed by atoms with E-state index in [9.17, 15) is 0 Å². The van der Waals surface area contributed by atoms with Crippen LogP contribution >= 0.6 is 0 Å². The monoisotopic (exact) mass is 255 g/mol. The Morgan fingerprint density at radius 1 is 1.16 bits per heavy atom. The smallest absolute Gasteiger partial charge is 0.128 e. The van der Waals surface area contributed by atoms with Crippen molar-refractivity contribution >= 4 is 5.82 Å². The molecule has 100 valence electrons. The van der Waals surface area contributed by atoms with Gasteiger partial charge in [0.1, 0.15) is 5.82 Å². The second-order valence-corrected chi connectivity index (χ2v) is 4.97. The lowest BCUT2D eigenvalue weighted by molar-refractivity contribution is 0.794. The molecule has 1 aromatic heterocycles. The highest BCUT2D eigenvalue weighted by molar-refractivity contribution is 5.42. The van der Waals surface area contributed by atoms with E-state index in [1.54, 1.807) is 0 Å². The molecule has 0 aliphatic carbocycles. The molecule has 2 rings (SSSR count). The van der Waals surface area contributed by atoms with Gasteiger partial charge in [0, 0.05) is 25.3 Å². The molecular formula is C16H21N3. The molecular weight excluding hydrogens is 234 g/mol. The summed E-state index contributed by atoms with van der Waals surface area (Å²) in [6.07, 6.45) is 0. The summed E-state index contributed by atoms with van der Waals surface area (Å²) >= 11 is 0. The van der Waals surface area contributed by atoms with Crippen LogP contribution in [0.25, 0.3) is 0 Å². The van der Waals surface area contributed by atoms with E-state index in [0.717, 1.165) is 23.6 Å². The summed E-state index contributed by atoms with van der Waals surface area (Å²) < 4.78 is 0. The summed E-state index contributed by atoms with van der Waals surface area (Å²) in [4.78, 5) is 6.78. The summed E-state index contributed by atoms with van der Waals surface area (Å²) in [5, 5.41) is 0. The Bertz CT molecular complexity index is 535. The molecule has 1 atom stereocenters. The molecule has 3 nitrogen and oxygen atoms in total. The lowest BCUT2D eigenvalue weighted by atomic mass is 10.1. The first kappa shape index (κ1) is 13.6. The lowest BCUT2D eigenvalue weighted by Crippen LogP contribution is -2.18. The first-order valence-electron chi connectivity index (χ1n) is 6.56. The van der Waals surface area contributed by atoms with Crippen molar-refractivity contribution in [2.45, 2.75) is 26.4 Å². The van der Waals surface area contributed by atoms with Gasteiger partial charge in [0.25, 0.3) is 0 Å². The predicted molar refractivity (Wildman–Crippen MR) is 80.1 cm³/mol. The minimum atomic E-state index is 0.0287. The van der Waals surface area contributed by atoms with Crippen molar-refractivity contribution in [3.8, 4) is 0 Å². The zero-order valence-corrected chi connectivity index (χ0v) is 11.8. The summed E-state index contributed by atoms with van der Waals surface area (Å²) in [5.74, 6) is 0.978. The zero-order valence-electron chi connectivity index (χ0n) is 11.8. The Morgan fingerprint density at radius 2 is 1.84 bits per heavy atom. The number of pyridine rings is 1. The number of aromatic nitrogens is 1. The van der Waals surface area contributed by atoms with Crippen LogP contribution in [0, 0.1) is 6.92 Å². The van der Waals surface area contributed by atoms with E-state index in [0.29, 0.717) is 0 Å². The van der Waals surface area contributed by atoms with Crippen LogP contribution in [0.4, 0.5) is 5.82 Å². The molecule has 19 heavy (non-hydrogen) atoms. The van der Waals surface area contributed by atoms with Gasteiger partial charge in [0.05, 0.1) is 0 Å². The SMILES string of the molecule is Cc1nc(N(C)Cc2ccccc2)ccc1[C@@H](C)N. The predicted octanol–water partition coefficient (Wildman–Crippen LogP) is 3.05. The van der Waals surface area contributed by atoms with Gasteiger partial charge in [-0.2, -0.15) is 0 Å². The van der Waals surface area contributed by atoms with Crippen LogP contribution in [0.3, 0.4) is 0 Å². The number of benzene rings is 1. The third-order valence-corrected chi connectivity index (χ3v) is 3.26. The topological polar surface area (TPSA) is 42.2 Å². The van der Waals surface area contributed by atoms with Crippen LogP contribution in [0.5, 0.6) is 0 Å². The maximum atomic E-state index is 5.91. The molecule has 0 unspecified atom stereocenters. The van der Waals surface area contributed by atoms with Crippen LogP contribution in [0.15, 0.2) is 42.5 Å². The van der Waals surface area contributed by atoms with E-state index in [1.807, 2.05) is 26.0 Å². The Labute approximate surface area is 115 Å². The van der Waals surface area contributed by atoms with Crippen LogP contribution in [0.2, 0.25) is 0 Å². The number of nitrogens with zero attached hydrogens (tertiary/aromatic N) is 2. The van der Waals surface area contributed by atoms with Gasteiger partial charge in [-0.15, -0.1) is 0 Å². The van der Waals surface area contributed by atoms with Gasteiger partial charge >= 0.3 is 0 Å². The third kappa shape index (κ3) is 3.32. The van der Waals surface area contributed by atoms with Gasteiger partial charge in [-0.1, -0.05) is 36.4 Å². The highest BCUT2D eigenvalue weighted by Gasteiger charge is 2.08. The van der Waals surface area contributed by atoms with E-state index >= 15 is 0 Å². The minimum absolute atomic E-state index is 0.0287. The largest absolute Gasteiger partial charge is 0.355 e. The lowest BCUT2D eigenvalue weighted by Gasteiger charge is -2.20. The number of rotatable bonds is 4. The van der Waals surface area contributed by atoms with Gasteiger partial charge in [-0.25, -0.2) is 4.98 Å². The first-order chi connectivity index (χ1) is 9.08. The molecule has 0 saturated heterocycles. The van der Waals surface area contributed by atoms with Crippen molar-refractivity contribution in [3.05, 3.63) is 59.3 Å². The first-order valence-corrected chi connectivity index (χ1v) is 6.56. The van der Waals surface area contributed by atoms with Crippen molar-refractivity contribution in [1.29, 1.82) is 0 Å². The van der Waals surface area contributed by atoms with Crippen LogP contribution < -0.4 is 10.6 Å². The molecule has 0 fully saturated rings. The van der Waals surface area contributed by atoms with Crippen molar-refractivity contribution in [2.24, 2.45) is 5.73 Å². The van der Waals surface area contributed by atoms with Crippen LogP contribution in [-0.4, -0.2) is 12.0 Å². The number of hydrogen-bond donors (Lipinski definition) is 1. The van der Waals surface area contributed by atoms with Gasteiger partial charge in [-0.05, 0) is 31.0 Å². The molecule has 3 heteroatoms. The molecule has 1 aromatic carbocycles. The average molecular weight is 255 g/mol. The molecule has 0 radical (unpaired) electrons. The molecule has 2 N–H and O–H groups in total. The standard InChI is InChI=1S/C16H21N3/c1-12(17)15-9-10-16(18-13(15)2)19(3)11-14-7-5-4-6-8-14/h4-10,12H,11,17H2,1-3H3/t12-/m1/s1. The fourth-order valence-corrected chi connectivity index (χ4v) is 2.19. The molecule has 0 aliphatic heterocycles. The molecule has 2 aromatic rings. The maximum absolute atomic E-state index is 5.91. The number of anilines is 1. The minimum Gasteiger partial charge on any atom is -0.355 e. The summed E-state index contributed by atoms with van der Waals surface area (Å²) in [6, 6.07) is 14.5. The highest BCUT2D eigenvalue weighted by atomic mass is 15.2. The normalized spacial score (nSPS) is 12.2. The van der Waals surface area contributed by atoms with Gasteiger partial charge < -0.3 is 10.6 Å². The van der Waals surface area contributed by atoms with Crippen LogP contribution in [0.1, 0.15) is 29.8 Å². The fraction of sp³-hybridized carbons (Fsp3) is 0.312. The van der Waals surface area contributed by atoms with Gasteiger partial charge in [0.2, 0.25) is 0 Å². The van der Waals surface area contributed by atoms with E-state index in [-0.39, 0.29) is 6.04 Å². The third-order valence-electron chi connectivity index (χ3n) is 3.26. The van der Waals surface area contributed by atoms with Crippen molar-refractivity contribution in [3.63, 3.8) is 0 Å². The van der Waals surface area contributed by atoms with Crippen LogP contribution in [-0.2, 0) is 6.54 Å². The Balaban J connectivity index is 2.16. The summed E-state index contributed by atoms with van der Waals surface area (Å²) in [6.45, 7) is 4.85. The highest BCUT2D eigenvalue weighted by Crippen LogP contribution is 2.19. The molecule has 0 amide bonds. The molecule has 0 aliphatic rings. The van der Waals surface area contributed by atoms with Crippen molar-refractivity contribution in [1.82, 2.24) is 4.98 Å². The maximum Gasteiger partial charge on any atom is 0.128 e. The van der Waals surface area contributed by atoms with Crippen molar-refractivity contribution < 1.29 is 0 Å². The second-order valence-electron chi connectivity index (χ2n) is 4.97. The zero-order chi connectivity index (χ0) is 13.8. The molecule has 1 heterocycles.